The van der Waals surface area contributed by atoms with Gasteiger partial charge in [0.2, 0.25) is 5.91 Å². The number of imide groups is 1. The van der Waals surface area contributed by atoms with E-state index in [2.05, 4.69) is 5.32 Å². The van der Waals surface area contributed by atoms with Crippen molar-refractivity contribution in [3.05, 3.63) is 70.0 Å². The zero-order chi connectivity index (χ0) is 20.5. The van der Waals surface area contributed by atoms with E-state index in [0.717, 1.165) is 17.5 Å². The number of benzene rings is 2. The quantitative estimate of drug-likeness (QED) is 0.824. The molecule has 0 bridgehead atoms. The fourth-order valence-electron chi connectivity index (χ4n) is 4.08. The van der Waals surface area contributed by atoms with Crippen molar-refractivity contribution in [3.8, 4) is 0 Å². The van der Waals surface area contributed by atoms with Gasteiger partial charge in [0, 0.05) is 10.6 Å². The number of hydrogen-bond acceptors (Lipinski definition) is 3. The number of nitrogens with zero attached hydrogens (tertiary/aromatic N) is 2. The van der Waals surface area contributed by atoms with E-state index in [1.54, 1.807) is 11.0 Å². The van der Waals surface area contributed by atoms with Crippen molar-refractivity contribution in [3.63, 3.8) is 0 Å². The smallest absolute Gasteiger partial charge is 0.315 e. The number of aryl methyl sites for hydroxylation is 1. The molecule has 5 nitrogen and oxygen atoms in total. The second-order valence-electron chi connectivity index (χ2n) is 7.66. The van der Waals surface area contributed by atoms with Crippen molar-refractivity contribution in [2.24, 2.45) is 0 Å². The summed E-state index contributed by atoms with van der Waals surface area (Å²) in [5.74, 6) is -0.677. The van der Waals surface area contributed by atoms with Crippen LogP contribution >= 0.6 is 11.6 Å². The van der Waals surface area contributed by atoms with Crippen LogP contribution in [0.5, 0.6) is 0 Å². The van der Waals surface area contributed by atoms with E-state index in [1.807, 2.05) is 31.2 Å². The number of carbonyl (C=O) groups excluding carboxylic acids is 2. The normalized spacial score (nSPS) is 22.0. The molecule has 29 heavy (non-hydrogen) atoms. The van der Waals surface area contributed by atoms with Crippen LogP contribution in [-0.2, 0) is 17.9 Å². The molecular formula is C22H23ClFN3O2. The highest BCUT2D eigenvalue weighted by atomic mass is 35.5. The van der Waals surface area contributed by atoms with Crippen molar-refractivity contribution >= 4 is 23.5 Å². The Morgan fingerprint density at radius 2 is 1.90 bits per heavy atom. The van der Waals surface area contributed by atoms with Gasteiger partial charge in [0.25, 0.3) is 0 Å². The van der Waals surface area contributed by atoms with Crippen molar-refractivity contribution in [2.45, 2.75) is 44.9 Å². The molecule has 4 rings (SSSR count). The molecule has 2 heterocycles. The van der Waals surface area contributed by atoms with Crippen molar-refractivity contribution in [2.75, 3.05) is 6.54 Å². The Bertz CT molecular complexity index is 914. The Labute approximate surface area is 174 Å². The van der Waals surface area contributed by atoms with Crippen LogP contribution < -0.4 is 5.32 Å². The van der Waals surface area contributed by atoms with Crippen LogP contribution in [0.3, 0.4) is 0 Å². The average Bonchev–Trinajstić information content (AvgIpc) is 2.72. The Kier molecular flexibility index (Phi) is 5.56. The molecule has 2 unspecified atom stereocenters. The molecule has 3 amide bonds. The van der Waals surface area contributed by atoms with E-state index in [4.69, 9.17) is 11.6 Å². The summed E-state index contributed by atoms with van der Waals surface area (Å²) in [5.41, 5.74) is 2.25. The molecule has 2 aromatic carbocycles. The minimum absolute atomic E-state index is 0.0326. The molecule has 0 saturated carbocycles. The molecular weight excluding hydrogens is 393 g/mol. The van der Waals surface area contributed by atoms with E-state index in [-0.39, 0.29) is 35.6 Å². The van der Waals surface area contributed by atoms with Crippen LogP contribution in [0.4, 0.5) is 9.18 Å². The van der Waals surface area contributed by atoms with Gasteiger partial charge in [0.1, 0.15) is 11.9 Å². The van der Waals surface area contributed by atoms with Crippen LogP contribution in [0.15, 0.2) is 42.5 Å². The van der Waals surface area contributed by atoms with Crippen LogP contribution in [0.25, 0.3) is 0 Å². The third kappa shape index (κ3) is 3.87. The lowest BCUT2D eigenvalue weighted by Crippen LogP contribution is -2.69. The summed E-state index contributed by atoms with van der Waals surface area (Å²) >= 11 is 6.21. The molecule has 0 aromatic heterocycles. The highest BCUT2D eigenvalue weighted by Gasteiger charge is 2.47. The molecule has 1 N–H and O–H groups in total. The van der Waals surface area contributed by atoms with Gasteiger partial charge in [0.05, 0.1) is 19.1 Å². The second-order valence-corrected chi connectivity index (χ2v) is 8.07. The van der Waals surface area contributed by atoms with Gasteiger partial charge in [-0.25, -0.2) is 9.18 Å². The number of hydrogen-bond donors (Lipinski definition) is 1. The summed E-state index contributed by atoms with van der Waals surface area (Å²) in [6.07, 6.45) is 1.54. The summed E-state index contributed by atoms with van der Waals surface area (Å²) in [5, 5.41) is 3.53. The SMILES string of the molecule is Cc1ccc(CN2C(=O)C3NCCCC3N(Cc3c(F)cccc3Cl)C2=O)cc1. The van der Waals surface area contributed by atoms with E-state index in [9.17, 15) is 14.0 Å². The lowest BCUT2D eigenvalue weighted by atomic mass is 9.92. The predicted molar refractivity (Wildman–Crippen MR) is 109 cm³/mol. The summed E-state index contributed by atoms with van der Waals surface area (Å²) in [6.45, 7) is 2.92. The van der Waals surface area contributed by atoms with Crippen LogP contribution in [0.1, 0.15) is 29.5 Å². The zero-order valence-corrected chi connectivity index (χ0v) is 17.0. The maximum absolute atomic E-state index is 14.4. The number of rotatable bonds is 4. The first kappa shape index (κ1) is 19.9. The Balaban J connectivity index is 1.66. The average molecular weight is 416 g/mol. The van der Waals surface area contributed by atoms with Gasteiger partial charge in [0.15, 0.2) is 0 Å². The van der Waals surface area contributed by atoms with Crippen LogP contribution in [-0.4, -0.2) is 40.4 Å². The number of carbonyl (C=O) groups is 2. The van der Waals surface area contributed by atoms with Gasteiger partial charge in [-0.05, 0) is 44.0 Å². The number of nitrogens with one attached hydrogen (secondary N) is 1. The van der Waals surface area contributed by atoms with Gasteiger partial charge < -0.3 is 10.2 Å². The van der Waals surface area contributed by atoms with Gasteiger partial charge in [-0.3, -0.25) is 9.69 Å². The van der Waals surface area contributed by atoms with E-state index >= 15 is 0 Å². The molecule has 0 aliphatic carbocycles. The Hall–Kier alpha value is -2.44. The van der Waals surface area contributed by atoms with Crippen molar-refractivity contribution in [1.29, 1.82) is 0 Å². The number of urea groups is 1. The minimum Gasteiger partial charge on any atom is -0.315 e. The summed E-state index contributed by atoms with van der Waals surface area (Å²) in [4.78, 5) is 29.3. The maximum atomic E-state index is 14.4. The highest BCUT2D eigenvalue weighted by molar-refractivity contribution is 6.31. The van der Waals surface area contributed by atoms with Gasteiger partial charge in [-0.1, -0.05) is 47.5 Å². The molecule has 2 saturated heterocycles. The van der Waals surface area contributed by atoms with E-state index < -0.39 is 17.9 Å². The lowest BCUT2D eigenvalue weighted by Gasteiger charge is -2.47. The molecule has 2 aromatic rings. The largest absolute Gasteiger partial charge is 0.327 e. The molecule has 152 valence electrons. The predicted octanol–water partition coefficient (Wildman–Crippen LogP) is 3.87. The minimum atomic E-state index is -0.488. The van der Waals surface area contributed by atoms with Crippen molar-refractivity contribution < 1.29 is 14.0 Å². The van der Waals surface area contributed by atoms with Crippen LogP contribution in [0, 0.1) is 12.7 Å². The van der Waals surface area contributed by atoms with Crippen LogP contribution in [0.2, 0.25) is 5.02 Å². The fraction of sp³-hybridized carbons (Fsp3) is 0.364. The first-order valence-corrected chi connectivity index (χ1v) is 10.2. The summed E-state index contributed by atoms with van der Waals surface area (Å²) < 4.78 is 14.4. The molecule has 2 aliphatic rings. The first-order valence-electron chi connectivity index (χ1n) is 9.79. The number of piperidine rings is 1. The maximum Gasteiger partial charge on any atom is 0.327 e. The van der Waals surface area contributed by atoms with Crippen molar-refractivity contribution in [1.82, 2.24) is 15.1 Å². The Morgan fingerprint density at radius 3 is 2.62 bits per heavy atom. The molecule has 2 fully saturated rings. The molecule has 2 atom stereocenters. The zero-order valence-electron chi connectivity index (χ0n) is 16.2. The van der Waals surface area contributed by atoms with Gasteiger partial charge in [-0.15, -0.1) is 0 Å². The molecule has 0 spiro atoms. The number of halogens is 2. The second kappa shape index (κ2) is 8.13. The summed E-state index contributed by atoms with van der Waals surface area (Å²) in [6, 6.07) is 11.0. The standard InChI is InChI=1S/C22H23ClFN3O2/c1-14-7-9-15(10-8-14)12-27-21(28)20-19(6-3-11-25-20)26(22(27)29)13-16-17(23)4-2-5-18(16)24/h2,4-5,7-10,19-20,25H,3,6,11-13H2,1H3. The third-order valence-electron chi connectivity index (χ3n) is 5.69. The summed E-state index contributed by atoms with van der Waals surface area (Å²) in [7, 11) is 0. The van der Waals surface area contributed by atoms with Gasteiger partial charge >= 0.3 is 6.03 Å². The Morgan fingerprint density at radius 1 is 1.14 bits per heavy atom. The fourth-order valence-corrected chi connectivity index (χ4v) is 4.30. The van der Waals surface area contributed by atoms with E-state index in [0.29, 0.717) is 13.0 Å². The number of fused-ring (bicyclic) bond motifs is 1. The van der Waals surface area contributed by atoms with E-state index in [1.165, 1.54) is 17.0 Å². The molecule has 2 aliphatic heterocycles. The highest BCUT2D eigenvalue weighted by Crippen LogP contribution is 2.30. The number of amides is 3. The molecule has 0 radical (unpaired) electrons. The first-order chi connectivity index (χ1) is 14.0. The monoisotopic (exact) mass is 415 g/mol. The van der Waals surface area contributed by atoms with Gasteiger partial charge in [-0.2, -0.15) is 0 Å². The lowest BCUT2D eigenvalue weighted by molar-refractivity contribution is -0.137. The molecule has 7 heteroatoms. The third-order valence-corrected chi connectivity index (χ3v) is 6.04. The topological polar surface area (TPSA) is 52.7 Å².